The molecule has 0 aliphatic carbocycles. The van der Waals surface area contributed by atoms with Crippen molar-refractivity contribution in [3.8, 4) is 22.1 Å². The molecule has 0 aliphatic heterocycles. The fraction of sp³-hybridized carbons (Fsp3) is 0.136. The minimum absolute atomic E-state index is 0.261. The molecule has 1 N–H and O–H groups in total. The summed E-state index contributed by atoms with van der Waals surface area (Å²) in [6.45, 7) is 1.77. The number of para-hydroxylation sites is 2. The number of aromatic nitrogens is 3. The van der Waals surface area contributed by atoms with Crippen LogP contribution >= 0.6 is 23.1 Å². The van der Waals surface area contributed by atoms with Gasteiger partial charge in [0.2, 0.25) is 5.91 Å². The molecule has 4 aromatic rings. The Morgan fingerprint density at radius 2 is 2.00 bits per heavy atom. The Bertz CT molecular complexity index is 1190. The smallest absolute Gasteiger partial charge is 0.237 e. The zero-order chi connectivity index (χ0) is 21.8. The van der Waals surface area contributed by atoms with Crippen molar-refractivity contribution in [2.24, 2.45) is 0 Å². The molecule has 0 saturated carbocycles. The topological polar surface area (TPSA) is 69.0 Å². The van der Waals surface area contributed by atoms with Crippen LogP contribution < -0.4 is 10.1 Å². The Labute approximate surface area is 187 Å². The van der Waals surface area contributed by atoms with Crippen LogP contribution in [0.25, 0.3) is 16.4 Å². The summed E-state index contributed by atoms with van der Waals surface area (Å²) in [6, 6.07) is 17.3. The van der Waals surface area contributed by atoms with E-state index in [4.69, 9.17) is 4.74 Å². The van der Waals surface area contributed by atoms with E-state index in [1.807, 2.05) is 46.3 Å². The second kappa shape index (κ2) is 9.32. The van der Waals surface area contributed by atoms with Gasteiger partial charge >= 0.3 is 0 Å². The van der Waals surface area contributed by atoms with E-state index in [-0.39, 0.29) is 5.91 Å². The van der Waals surface area contributed by atoms with E-state index < -0.39 is 11.1 Å². The zero-order valence-electron chi connectivity index (χ0n) is 16.8. The second-order valence-corrected chi connectivity index (χ2v) is 8.81. The summed E-state index contributed by atoms with van der Waals surface area (Å²) >= 11 is 2.82. The van der Waals surface area contributed by atoms with Crippen LogP contribution in [0.5, 0.6) is 5.75 Å². The molecule has 2 heterocycles. The van der Waals surface area contributed by atoms with Crippen molar-refractivity contribution in [3.05, 3.63) is 71.9 Å². The van der Waals surface area contributed by atoms with E-state index >= 15 is 0 Å². The Morgan fingerprint density at radius 3 is 2.74 bits per heavy atom. The lowest BCUT2D eigenvalue weighted by Crippen LogP contribution is -2.23. The fourth-order valence-corrected chi connectivity index (χ4v) is 4.52. The lowest BCUT2D eigenvalue weighted by molar-refractivity contribution is -0.115. The molecule has 158 valence electrons. The minimum atomic E-state index is -0.503. The highest BCUT2D eigenvalue weighted by molar-refractivity contribution is 8.00. The van der Waals surface area contributed by atoms with Gasteiger partial charge in [0.15, 0.2) is 11.0 Å². The van der Waals surface area contributed by atoms with E-state index in [1.165, 1.54) is 23.9 Å². The van der Waals surface area contributed by atoms with Gasteiger partial charge in [-0.05, 0) is 48.7 Å². The molecule has 1 unspecified atom stereocenters. The van der Waals surface area contributed by atoms with Gasteiger partial charge in [0.1, 0.15) is 11.6 Å². The average molecular weight is 455 g/mol. The van der Waals surface area contributed by atoms with Crippen LogP contribution in [0, 0.1) is 5.82 Å². The number of anilines is 1. The summed E-state index contributed by atoms with van der Waals surface area (Å²) in [5, 5.41) is 13.5. The molecule has 1 amide bonds. The van der Waals surface area contributed by atoms with Gasteiger partial charge in [-0.1, -0.05) is 36.0 Å². The highest BCUT2D eigenvalue weighted by Gasteiger charge is 2.23. The number of carbonyl (C=O) groups excluding carboxylic acids is 1. The second-order valence-electron chi connectivity index (χ2n) is 6.55. The maximum atomic E-state index is 13.4. The van der Waals surface area contributed by atoms with Crippen LogP contribution in [0.1, 0.15) is 6.92 Å². The number of thioether (sulfide) groups is 1. The van der Waals surface area contributed by atoms with Gasteiger partial charge in [0.25, 0.3) is 0 Å². The lowest BCUT2D eigenvalue weighted by atomic mass is 10.3. The molecule has 2 aromatic heterocycles. The van der Waals surface area contributed by atoms with E-state index in [2.05, 4.69) is 15.5 Å². The number of nitrogens with zero attached hydrogens (tertiary/aromatic N) is 3. The molecular weight excluding hydrogens is 435 g/mol. The first kappa shape index (κ1) is 21.1. The van der Waals surface area contributed by atoms with Gasteiger partial charge in [-0.3, -0.25) is 9.36 Å². The van der Waals surface area contributed by atoms with Crippen molar-refractivity contribution >= 4 is 34.7 Å². The van der Waals surface area contributed by atoms with Crippen molar-refractivity contribution in [2.45, 2.75) is 17.3 Å². The van der Waals surface area contributed by atoms with Gasteiger partial charge < -0.3 is 10.1 Å². The number of nitrogens with one attached hydrogen (secondary N) is 1. The van der Waals surface area contributed by atoms with Crippen LogP contribution in [-0.4, -0.2) is 33.0 Å². The van der Waals surface area contributed by atoms with Gasteiger partial charge in [-0.25, -0.2) is 4.39 Å². The van der Waals surface area contributed by atoms with Crippen molar-refractivity contribution < 1.29 is 13.9 Å². The fourth-order valence-electron chi connectivity index (χ4n) is 2.97. The van der Waals surface area contributed by atoms with E-state index in [1.54, 1.807) is 37.5 Å². The van der Waals surface area contributed by atoms with E-state index in [0.29, 0.717) is 22.4 Å². The average Bonchev–Trinajstić information content (AvgIpc) is 3.43. The van der Waals surface area contributed by atoms with Gasteiger partial charge in [-0.15, -0.1) is 21.5 Å². The van der Waals surface area contributed by atoms with Gasteiger partial charge in [0.05, 0.1) is 22.9 Å². The van der Waals surface area contributed by atoms with Crippen molar-refractivity contribution in [1.82, 2.24) is 14.8 Å². The van der Waals surface area contributed by atoms with E-state index in [9.17, 15) is 9.18 Å². The first-order chi connectivity index (χ1) is 15.1. The van der Waals surface area contributed by atoms with Crippen molar-refractivity contribution in [2.75, 3.05) is 12.4 Å². The molecule has 31 heavy (non-hydrogen) atoms. The molecule has 0 aliphatic rings. The summed E-state index contributed by atoms with van der Waals surface area (Å²) in [7, 11) is 1.61. The SMILES string of the molecule is COc1ccccc1-n1c(SC(C)C(=O)Nc2cccc(F)c2)nnc1-c1cccs1. The first-order valence-corrected chi connectivity index (χ1v) is 11.2. The summed E-state index contributed by atoms with van der Waals surface area (Å²) in [4.78, 5) is 13.6. The van der Waals surface area contributed by atoms with E-state index in [0.717, 1.165) is 10.6 Å². The largest absolute Gasteiger partial charge is 0.495 e. The van der Waals surface area contributed by atoms with Crippen LogP contribution in [0.4, 0.5) is 10.1 Å². The minimum Gasteiger partial charge on any atom is -0.495 e. The molecule has 0 bridgehead atoms. The van der Waals surface area contributed by atoms with Crippen LogP contribution in [0.2, 0.25) is 0 Å². The number of amides is 1. The summed E-state index contributed by atoms with van der Waals surface area (Å²) in [5.74, 6) is 0.663. The number of halogens is 1. The highest BCUT2D eigenvalue weighted by atomic mass is 32.2. The number of hydrogen-bond acceptors (Lipinski definition) is 6. The quantitative estimate of drug-likeness (QED) is 0.386. The first-order valence-electron chi connectivity index (χ1n) is 9.42. The number of rotatable bonds is 7. The molecule has 1 atom stereocenters. The Balaban J connectivity index is 1.66. The van der Waals surface area contributed by atoms with Gasteiger partial charge in [0, 0.05) is 5.69 Å². The van der Waals surface area contributed by atoms with Crippen molar-refractivity contribution in [1.29, 1.82) is 0 Å². The third kappa shape index (κ3) is 4.62. The van der Waals surface area contributed by atoms with Gasteiger partial charge in [-0.2, -0.15) is 0 Å². The molecule has 6 nitrogen and oxygen atoms in total. The highest BCUT2D eigenvalue weighted by Crippen LogP contribution is 2.35. The Hall–Kier alpha value is -3.17. The molecule has 2 aromatic carbocycles. The van der Waals surface area contributed by atoms with Crippen LogP contribution in [0.3, 0.4) is 0 Å². The molecule has 0 spiro atoms. The predicted molar refractivity (Wildman–Crippen MR) is 122 cm³/mol. The monoisotopic (exact) mass is 454 g/mol. The molecule has 0 fully saturated rings. The summed E-state index contributed by atoms with van der Waals surface area (Å²) in [6.07, 6.45) is 0. The number of thiophene rings is 1. The Kier molecular flexibility index (Phi) is 6.34. The van der Waals surface area contributed by atoms with Crippen molar-refractivity contribution in [3.63, 3.8) is 0 Å². The standard InChI is InChI=1S/C22H19FN4O2S2/c1-14(21(28)24-16-8-5-7-15(23)13-16)31-22-26-25-20(19-11-6-12-30-19)27(22)17-9-3-4-10-18(17)29-2/h3-14H,1-2H3,(H,24,28). The molecule has 4 rings (SSSR count). The number of benzene rings is 2. The molecule has 9 heteroatoms. The zero-order valence-corrected chi connectivity index (χ0v) is 18.4. The number of hydrogen-bond donors (Lipinski definition) is 1. The third-order valence-electron chi connectivity index (χ3n) is 4.44. The third-order valence-corrected chi connectivity index (χ3v) is 6.35. The number of carbonyl (C=O) groups is 1. The predicted octanol–water partition coefficient (Wildman–Crippen LogP) is 5.26. The number of methoxy groups -OCH3 is 1. The molecule has 0 saturated heterocycles. The van der Waals surface area contributed by atoms with Crippen LogP contribution in [0.15, 0.2) is 71.2 Å². The maximum absolute atomic E-state index is 13.4. The van der Waals surface area contributed by atoms with Crippen LogP contribution in [-0.2, 0) is 4.79 Å². The molecular formula is C22H19FN4O2S2. The number of ether oxygens (including phenoxy) is 1. The Morgan fingerprint density at radius 1 is 1.16 bits per heavy atom. The summed E-state index contributed by atoms with van der Waals surface area (Å²) < 4.78 is 20.9. The maximum Gasteiger partial charge on any atom is 0.237 e. The molecule has 0 radical (unpaired) electrons. The summed E-state index contributed by atoms with van der Waals surface area (Å²) in [5.41, 5.74) is 1.18. The normalized spacial score (nSPS) is 11.8. The lowest BCUT2D eigenvalue weighted by Gasteiger charge is -2.15.